The second kappa shape index (κ2) is 8.15. The quantitative estimate of drug-likeness (QED) is 0.504. The van der Waals surface area contributed by atoms with E-state index in [1.807, 2.05) is 36.4 Å². The van der Waals surface area contributed by atoms with Crippen LogP contribution in [0, 0.1) is 5.92 Å². The lowest BCUT2D eigenvalue weighted by Gasteiger charge is -2.18. The summed E-state index contributed by atoms with van der Waals surface area (Å²) in [7, 11) is 1.63. The van der Waals surface area contributed by atoms with Crippen LogP contribution in [-0.4, -0.2) is 39.7 Å². The molecular formula is C19H21N7O2. The van der Waals surface area contributed by atoms with Crippen LogP contribution in [0.5, 0.6) is 5.75 Å². The van der Waals surface area contributed by atoms with Gasteiger partial charge in [0.05, 0.1) is 25.6 Å². The molecule has 28 heavy (non-hydrogen) atoms. The van der Waals surface area contributed by atoms with Crippen LogP contribution in [0.4, 0.5) is 0 Å². The lowest BCUT2D eigenvalue weighted by atomic mass is 9.94. The molecule has 2 unspecified atom stereocenters. The number of amides is 1. The number of rotatable bonds is 6. The number of hydrogen-bond donors (Lipinski definition) is 4. The van der Waals surface area contributed by atoms with Crippen molar-refractivity contribution in [2.75, 3.05) is 13.7 Å². The Hall–Kier alpha value is -3.30. The zero-order chi connectivity index (χ0) is 19.3. The summed E-state index contributed by atoms with van der Waals surface area (Å²) in [5.41, 5.74) is 8.10. The van der Waals surface area contributed by atoms with Crippen LogP contribution in [0.25, 0.3) is 11.4 Å². The van der Waals surface area contributed by atoms with Gasteiger partial charge in [-0.2, -0.15) is 5.10 Å². The lowest BCUT2D eigenvalue weighted by Crippen LogP contribution is -2.35. The fourth-order valence-corrected chi connectivity index (χ4v) is 3.20. The number of nitrogens with one attached hydrogen (secondary N) is 4. The van der Waals surface area contributed by atoms with Crippen LogP contribution in [0.3, 0.4) is 0 Å². The largest absolute Gasteiger partial charge is 0.497 e. The number of H-pyrrole nitrogens is 1. The number of ether oxygens (including phenoxy) is 1. The number of nitrogens with zero attached hydrogens (tertiary/aromatic N) is 3. The Morgan fingerprint density at radius 1 is 1.29 bits per heavy atom. The van der Waals surface area contributed by atoms with Gasteiger partial charge >= 0.3 is 0 Å². The molecule has 1 fully saturated rings. The Kier molecular flexibility index (Phi) is 5.27. The highest BCUT2D eigenvalue weighted by molar-refractivity contribution is 5.80. The normalized spacial score (nSPS) is 18.8. The van der Waals surface area contributed by atoms with Gasteiger partial charge < -0.3 is 10.1 Å². The molecule has 1 amide bonds. The number of benzene rings is 1. The lowest BCUT2D eigenvalue weighted by molar-refractivity contribution is -0.125. The average molecular weight is 379 g/mol. The maximum atomic E-state index is 12.7. The van der Waals surface area contributed by atoms with E-state index in [4.69, 9.17) is 4.74 Å². The smallest absolute Gasteiger partial charge is 0.226 e. The molecule has 9 heteroatoms. The SMILES string of the molecule is COc1cccc(C2NNCC2C(=O)NCc2nc(-c3ccncc3)n[nH]2)c1. The van der Waals surface area contributed by atoms with Crippen molar-refractivity contribution in [2.24, 2.45) is 5.92 Å². The molecule has 2 atom stereocenters. The van der Waals surface area contributed by atoms with E-state index < -0.39 is 0 Å². The average Bonchev–Trinajstić information content (AvgIpc) is 3.42. The molecule has 1 aliphatic rings. The van der Waals surface area contributed by atoms with E-state index in [0.29, 0.717) is 18.2 Å². The van der Waals surface area contributed by atoms with Crippen molar-refractivity contribution in [3.8, 4) is 17.1 Å². The van der Waals surface area contributed by atoms with Crippen molar-refractivity contribution in [1.82, 2.24) is 36.3 Å². The molecule has 9 nitrogen and oxygen atoms in total. The van der Waals surface area contributed by atoms with Gasteiger partial charge in [0.15, 0.2) is 5.82 Å². The van der Waals surface area contributed by atoms with Gasteiger partial charge in [0, 0.05) is 24.5 Å². The Balaban J connectivity index is 1.40. The van der Waals surface area contributed by atoms with E-state index >= 15 is 0 Å². The molecule has 4 N–H and O–H groups in total. The number of aromatic amines is 1. The third kappa shape index (κ3) is 3.85. The molecule has 0 saturated carbocycles. The van der Waals surface area contributed by atoms with Crippen LogP contribution in [0.2, 0.25) is 0 Å². The maximum absolute atomic E-state index is 12.7. The molecule has 0 radical (unpaired) electrons. The number of carbonyl (C=O) groups excluding carboxylic acids is 1. The summed E-state index contributed by atoms with van der Waals surface area (Å²) in [6, 6.07) is 11.2. The Morgan fingerprint density at radius 3 is 2.96 bits per heavy atom. The van der Waals surface area contributed by atoms with Crippen molar-refractivity contribution in [3.05, 3.63) is 60.2 Å². The van der Waals surface area contributed by atoms with E-state index in [0.717, 1.165) is 16.9 Å². The summed E-state index contributed by atoms with van der Waals surface area (Å²) in [5, 5.41) is 9.99. The minimum absolute atomic E-state index is 0.0628. The second-order valence-electron chi connectivity index (χ2n) is 6.45. The van der Waals surface area contributed by atoms with Crippen molar-refractivity contribution in [3.63, 3.8) is 0 Å². The highest BCUT2D eigenvalue weighted by Crippen LogP contribution is 2.27. The molecule has 4 rings (SSSR count). The topological polar surface area (TPSA) is 117 Å². The Bertz CT molecular complexity index is 944. The first-order valence-corrected chi connectivity index (χ1v) is 8.96. The first-order chi connectivity index (χ1) is 13.7. The number of hydrogen-bond acceptors (Lipinski definition) is 7. The first-order valence-electron chi connectivity index (χ1n) is 8.96. The first kappa shape index (κ1) is 18.1. The summed E-state index contributed by atoms with van der Waals surface area (Å²) in [5.74, 6) is 1.61. The van der Waals surface area contributed by atoms with Gasteiger partial charge in [-0.1, -0.05) is 12.1 Å². The predicted molar refractivity (Wildman–Crippen MR) is 102 cm³/mol. The van der Waals surface area contributed by atoms with Gasteiger partial charge in [-0.3, -0.25) is 20.3 Å². The molecule has 1 aliphatic heterocycles. The van der Waals surface area contributed by atoms with Gasteiger partial charge in [-0.25, -0.2) is 10.4 Å². The maximum Gasteiger partial charge on any atom is 0.226 e. The summed E-state index contributed by atoms with van der Waals surface area (Å²) >= 11 is 0. The second-order valence-corrected chi connectivity index (χ2v) is 6.45. The molecule has 0 aliphatic carbocycles. The third-order valence-electron chi connectivity index (χ3n) is 4.67. The molecular weight excluding hydrogens is 358 g/mol. The summed E-state index contributed by atoms with van der Waals surface area (Å²) in [6.07, 6.45) is 3.37. The van der Waals surface area contributed by atoms with Crippen molar-refractivity contribution >= 4 is 5.91 Å². The number of pyridine rings is 1. The van der Waals surface area contributed by atoms with Crippen molar-refractivity contribution in [2.45, 2.75) is 12.6 Å². The standard InChI is InChI=1S/C19H21N7O2/c1-28-14-4-2-3-13(9-14)17-15(10-22-25-17)19(27)21-11-16-23-18(26-24-16)12-5-7-20-8-6-12/h2-9,15,17,22,25H,10-11H2,1H3,(H,21,27)(H,23,24,26). The van der Waals surface area contributed by atoms with Crippen LogP contribution >= 0.6 is 0 Å². The van der Waals surface area contributed by atoms with Gasteiger partial charge in [0.1, 0.15) is 11.6 Å². The molecule has 0 spiro atoms. The molecule has 144 valence electrons. The van der Waals surface area contributed by atoms with Crippen LogP contribution in [0.15, 0.2) is 48.8 Å². The van der Waals surface area contributed by atoms with E-state index in [-0.39, 0.29) is 24.4 Å². The van der Waals surface area contributed by atoms with Gasteiger partial charge in [0.25, 0.3) is 0 Å². The minimum Gasteiger partial charge on any atom is -0.497 e. The van der Waals surface area contributed by atoms with Crippen molar-refractivity contribution < 1.29 is 9.53 Å². The third-order valence-corrected chi connectivity index (χ3v) is 4.67. The molecule has 2 aromatic heterocycles. The van der Waals surface area contributed by atoms with Gasteiger partial charge in [-0.05, 0) is 29.8 Å². The van der Waals surface area contributed by atoms with E-state index in [9.17, 15) is 4.79 Å². The molecule has 3 heterocycles. The fraction of sp³-hybridized carbons (Fsp3) is 0.263. The Morgan fingerprint density at radius 2 is 2.14 bits per heavy atom. The van der Waals surface area contributed by atoms with E-state index in [1.54, 1.807) is 19.5 Å². The number of hydrazine groups is 1. The molecule has 0 bridgehead atoms. The van der Waals surface area contributed by atoms with Crippen molar-refractivity contribution in [1.29, 1.82) is 0 Å². The number of methoxy groups -OCH3 is 1. The highest BCUT2D eigenvalue weighted by Gasteiger charge is 2.34. The van der Waals surface area contributed by atoms with Crippen LogP contribution < -0.4 is 20.9 Å². The van der Waals surface area contributed by atoms with Gasteiger partial charge in [-0.15, -0.1) is 0 Å². The zero-order valence-electron chi connectivity index (χ0n) is 15.3. The van der Waals surface area contributed by atoms with Gasteiger partial charge in [0.2, 0.25) is 5.91 Å². The summed E-state index contributed by atoms with van der Waals surface area (Å²) < 4.78 is 5.28. The highest BCUT2D eigenvalue weighted by atomic mass is 16.5. The zero-order valence-corrected chi connectivity index (χ0v) is 15.3. The molecule has 3 aromatic rings. The monoisotopic (exact) mass is 379 g/mol. The number of carbonyl (C=O) groups is 1. The fourth-order valence-electron chi connectivity index (χ4n) is 3.20. The number of aromatic nitrogens is 4. The minimum atomic E-state index is -0.255. The summed E-state index contributed by atoms with van der Waals surface area (Å²) in [4.78, 5) is 21.1. The van der Waals surface area contributed by atoms with E-state index in [2.05, 4.69) is 36.3 Å². The van der Waals surface area contributed by atoms with E-state index in [1.165, 1.54) is 0 Å². The van der Waals surface area contributed by atoms with Crippen LogP contribution in [0.1, 0.15) is 17.4 Å². The van der Waals surface area contributed by atoms with Crippen LogP contribution in [-0.2, 0) is 11.3 Å². The molecule has 1 aromatic carbocycles. The Labute approximate surface area is 161 Å². The predicted octanol–water partition coefficient (Wildman–Crippen LogP) is 0.957. The summed E-state index contributed by atoms with van der Waals surface area (Å²) in [6.45, 7) is 0.810. The molecule has 1 saturated heterocycles.